The van der Waals surface area contributed by atoms with Crippen LogP contribution in [0.4, 0.5) is 0 Å². The van der Waals surface area contributed by atoms with E-state index in [0.29, 0.717) is 17.8 Å². The molecule has 0 saturated heterocycles. The predicted molar refractivity (Wildman–Crippen MR) is 71.2 cm³/mol. The van der Waals surface area contributed by atoms with Crippen molar-refractivity contribution < 1.29 is 14.6 Å². The van der Waals surface area contributed by atoms with Crippen molar-refractivity contribution in [1.29, 1.82) is 0 Å². The van der Waals surface area contributed by atoms with Gasteiger partial charge in [-0.25, -0.2) is 0 Å². The lowest BCUT2D eigenvalue weighted by molar-refractivity contribution is -0.133. The number of hydrogen-bond donors (Lipinski definition) is 1. The van der Waals surface area contributed by atoms with Gasteiger partial charge in [0.1, 0.15) is 6.61 Å². The smallest absolute Gasteiger partial charge is 0.313 e. The number of hydrogen-bond acceptors (Lipinski definition) is 5. The van der Waals surface area contributed by atoms with Crippen molar-refractivity contribution in [3.8, 4) is 0 Å². The molecule has 1 heterocycles. The fourth-order valence-electron chi connectivity index (χ4n) is 1.61. The molecule has 0 atom stereocenters. The lowest BCUT2D eigenvalue weighted by Gasteiger charge is -2.19. The Morgan fingerprint density at radius 2 is 2.16 bits per heavy atom. The van der Waals surface area contributed by atoms with Crippen LogP contribution in [0.3, 0.4) is 0 Å². The third-order valence-electron chi connectivity index (χ3n) is 2.61. The molecule has 106 valence electrons. The molecule has 1 saturated carbocycles. The third-order valence-corrected chi connectivity index (χ3v) is 3.53. The second-order valence-corrected chi connectivity index (χ2v) is 6.53. The zero-order valence-corrected chi connectivity index (χ0v) is 12.2. The number of ether oxygens (including phenoxy) is 1. The van der Waals surface area contributed by atoms with Crippen LogP contribution in [0.15, 0.2) is 5.16 Å². The maximum absolute atomic E-state index is 10.6. The van der Waals surface area contributed by atoms with E-state index in [0.717, 1.165) is 18.7 Å². The first-order valence-electron chi connectivity index (χ1n) is 6.29. The molecule has 0 spiro atoms. The van der Waals surface area contributed by atoms with E-state index in [1.165, 1.54) is 11.8 Å². The first kappa shape index (κ1) is 14.3. The summed E-state index contributed by atoms with van der Waals surface area (Å²) in [5.41, 5.74) is -0.227. The van der Waals surface area contributed by atoms with Crippen molar-refractivity contribution in [2.75, 3.05) is 5.75 Å². The molecule has 2 rings (SSSR count). The van der Waals surface area contributed by atoms with Gasteiger partial charge in [0.2, 0.25) is 0 Å². The van der Waals surface area contributed by atoms with E-state index < -0.39 is 5.97 Å². The van der Waals surface area contributed by atoms with Crippen LogP contribution in [-0.4, -0.2) is 37.2 Å². The summed E-state index contributed by atoms with van der Waals surface area (Å²) in [6.45, 7) is 6.38. The maximum Gasteiger partial charge on any atom is 0.313 e. The van der Waals surface area contributed by atoms with Gasteiger partial charge in [0.05, 0.1) is 11.4 Å². The first-order valence-corrected chi connectivity index (χ1v) is 7.28. The standard InChI is InChI=1S/C12H19N3O3S/c1-12(2,3)18-6-9-13-14-11(19-7-10(16)17)15(9)8-4-5-8/h8H,4-7H2,1-3H3,(H,16,17). The minimum absolute atomic E-state index is 0.00494. The normalized spacial score (nSPS) is 15.7. The van der Waals surface area contributed by atoms with Crippen LogP contribution < -0.4 is 0 Å². The number of carboxylic acids is 1. The molecule has 0 radical (unpaired) electrons. The van der Waals surface area contributed by atoms with Gasteiger partial charge in [-0.05, 0) is 33.6 Å². The van der Waals surface area contributed by atoms with E-state index in [9.17, 15) is 4.79 Å². The Morgan fingerprint density at radius 3 is 2.68 bits per heavy atom. The Balaban J connectivity index is 2.08. The van der Waals surface area contributed by atoms with Gasteiger partial charge in [-0.3, -0.25) is 4.79 Å². The number of carboxylic acid groups (broad SMARTS) is 1. The van der Waals surface area contributed by atoms with Crippen LogP contribution in [0.1, 0.15) is 45.5 Å². The number of thioether (sulfide) groups is 1. The average molecular weight is 285 g/mol. The molecule has 0 unspecified atom stereocenters. The van der Waals surface area contributed by atoms with Gasteiger partial charge in [-0.2, -0.15) is 0 Å². The van der Waals surface area contributed by atoms with E-state index >= 15 is 0 Å². The maximum atomic E-state index is 10.6. The van der Waals surface area contributed by atoms with Crippen molar-refractivity contribution >= 4 is 17.7 Å². The van der Waals surface area contributed by atoms with Gasteiger partial charge >= 0.3 is 5.97 Å². The zero-order valence-electron chi connectivity index (χ0n) is 11.4. The van der Waals surface area contributed by atoms with Crippen molar-refractivity contribution in [3.05, 3.63) is 5.82 Å². The van der Waals surface area contributed by atoms with E-state index in [-0.39, 0.29) is 11.4 Å². The van der Waals surface area contributed by atoms with Crippen LogP contribution in [0.25, 0.3) is 0 Å². The second-order valence-electron chi connectivity index (χ2n) is 5.58. The highest BCUT2D eigenvalue weighted by Crippen LogP contribution is 2.39. The molecule has 1 aromatic heterocycles. The van der Waals surface area contributed by atoms with Crippen LogP contribution >= 0.6 is 11.8 Å². The molecule has 1 fully saturated rings. The molecule has 19 heavy (non-hydrogen) atoms. The van der Waals surface area contributed by atoms with Crippen LogP contribution in [0, 0.1) is 0 Å². The molecule has 0 bridgehead atoms. The molecule has 6 nitrogen and oxygen atoms in total. The third kappa shape index (κ3) is 4.21. The summed E-state index contributed by atoms with van der Waals surface area (Å²) in [5, 5.41) is 17.6. The molecule has 1 aliphatic carbocycles. The minimum atomic E-state index is -0.845. The number of nitrogens with zero attached hydrogens (tertiary/aromatic N) is 3. The highest BCUT2D eigenvalue weighted by atomic mass is 32.2. The highest BCUT2D eigenvalue weighted by Gasteiger charge is 2.30. The van der Waals surface area contributed by atoms with Crippen LogP contribution in [0.2, 0.25) is 0 Å². The Labute approximate surface area is 116 Å². The van der Waals surface area contributed by atoms with Crippen LogP contribution in [0.5, 0.6) is 0 Å². The summed E-state index contributed by atoms with van der Waals surface area (Å²) < 4.78 is 7.75. The fourth-order valence-corrected chi connectivity index (χ4v) is 2.36. The average Bonchev–Trinajstić information content (AvgIpc) is 3.04. The molecule has 0 amide bonds. The highest BCUT2D eigenvalue weighted by molar-refractivity contribution is 7.99. The quantitative estimate of drug-likeness (QED) is 0.807. The summed E-state index contributed by atoms with van der Waals surface area (Å²) in [4.78, 5) is 10.6. The molecular weight excluding hydrogens is 266 g/mol. The minimum Gasteiger partial charge on any atom is -0.481 e. The molecule has 0 aliphatic heterocycles. The summed E-state index contributed by atoms with van der Waals surface area (Å²) in [5.74, 6) is -0.0570. The number of rotatable bonds is 6. The van der Waals surface area contributed by atoms with E-state index in [2.05, 4.69) is 10.2 Å². The largest absolute Gasteiger partial charge is 0.481 e. The summed E-state index contributed by atoms with van der Waals surface area (Å²) >= 11 is 1.21. The molecule has 7 heteroatoms. The zero-order chi connectivity index (χ0) is 14.0. The van der Waals surface area contributed by atoms with Crippen molar-refractivity contribution in [2.24, 2.45) is 0 Å². The Kier molecular flexibility index (Phi) is 4.15. The Hall–Kier alpha value is -1.08. The fraction of sp³-hybridized carbons (Fsp3) is 0.750. The molecule has 1 N–H and O–H groups in total. The van der Waals surface area contributed by atoms with Crippen molar-refractivity contribution in [3.63, 3.8) is 0 Å². The number of aliphatic carboxylic acids is 1. The monoisotopic (exact) mass is 285 g/mol. The van der Waals surface area contributed by atoms with Gasteiger partial charge in [-0.15, -0.1) is 10.2 Å². The van der Waals surface area contributed by atoms with Gasteiger partial charge in [0.25, 0.3) is 0 Å². The van der Waals surface area contributed by atoms with Crippen LogP contribution in [-0.2, 0) is 16.1 Å². The molecule has 1 aliphatic rings. The number of carbonyl (C=O) groups is 1. The number of aromatic nitrogens is 3. The molecular formula is C12H19N3O3S. The van der Waals surface area contributed by atoms with E-state index in [1.807, 2.05) is 25.3 Å². The first-order chi connectivity index (χ1) is 8.87. The van der Waals surface area contributed by atoms with E-state index in [1.54, 1.807) is 0 Å². The topological polar surface area (TPSA) is 77.2 Å². The molecule has 1 aromatic rings. The Morgan fingerprint density at radius 1 is 1.47 bits per heavy atom. The lowest BCUT2D eigenvalue weighted by atomic mass is 10.2. The van der Waals surface area contributed by atoms with Gasteiger partial charge in [-0.1, -0.05) is 11.8 Å². The van der Waals surface area contributed by atoms with Crippen molar-refractivity contribution in [1.82, 2.24) is 14.8 Å². The summed E-state index contributed by atoms with van der Waals surface area (Å²) in [7, 11) is 0. The van der Waals surface area contributed by atoms with Gasteiger partial charge in [0, 0.05) is 6.04 Å². The van der Waals surface area contributed by atoms with E-state index in [4.69, 9.17) is 9.84 Å². The SMILES string of the molecule is CC(C)(C)OCc1nnc(SCC(=O)O)n1C1CC1. The second kappa shape index (κ2) is 5.50. The Bertz CT molecular complexity index is 463. The lowest BCUT2D eigenvalue weighted by Crippen LogP contribution is -2.20. The van der Waals surface area contributed by atoms with Gasteiger partial charge < -0.3 is 14.4 Å². The molecule has 0 aromatic carbocycles. The summed E-state index contributed by atoms with van der Waals surface area (Å²) in [6.07, 6.45) is 2.20. The summed E-state index contributed by atoms with van der Waals surface area (Å²) in [6, 6.07) is 0.407. The van der Waals surface area contributed by atoms with Crippen molar-refractivity contribution in [2.45, 2.75) is 57.0 Å². The van der Waals surface area contributed by atoms with Gasteiger partial charge in [0.15, 0.2) is 11.0 Å². The predicted octanol–water partition coefficient (Wildman–Crippen LogP) is 2.10.